The molecule has 5 heteroatoms. The third-order valence-electron chi connectivity index (χ3n) is 5.48. The van der Waals surface area contributed by atoms with Gasteiger partial charge in [-0.15, -0.1) is 0 Å². The van der Waals surface area contributed by atoms with Crippen LogP contribution in [0.1, 0.15) is 21.8 Å². The van der Waals surface area contributed by atoms with E-state index in [0.717, 1.165) is 26.1 Å². The molecule has 0 spiro atoms. The molecule has 0 radical (unpaired) electrons. The van der Waals surface area contributed by atoms with Crippen molar-refractivity contribution in [3.8, 4) is 11.1 Å². The van der Waals surface area contributed by atoms with Gasteiger partial charge >= 0.3 is 153 Å². The first kappa shape index (κ1) is 16.9. The molecule has 0 bridgehead atoms. The number of benzene rings is 2. The molecule has 0 amide bonds. The van der Waals surface area contributed by atoms with Crippen LogP contribution in [-0.4, -0.2) is 17.8 Å². The van der Waals surface area contributed by atoms with Gasteiger partial charge in [-0.3, -0.25) is 0 Å². The zero-order valence-electron chi connectivity index (χ0n) is 14.1. The van der Waals surface area contributed by atoms with E-state index in [4.69, 9.17) is 6.64 Å². The Hall–Kier alpha value is -2.56. The summed E-state index contributed by atoms with van der Waals surface area (Å²) in [5.41, 5.74) is 4.08. The van der Waals surface area contributed by atoms with Crippen LogP contribution in [0, 0.1) is 0 Å². The summed E-state index contributed by atoms with van der Waals surface area (Å²) in [6.45, 7) is 0.771. The maximum absolute atomic E-state index is 11.6. The Morgan fingerprint density at radius 1 is 0.923 bits per heavy atom. The molecule has 26 heavy (non-hydrogen) atoms. The monoisotopic (exact) mass is 382 g/mol. The molecule has 130 valence electrons. The molecule has 0 aromatic heterocycles. The van der Waals surface area contributed by atoms with Crippen molar-refractivity contribution in [2.45, 2.75) is 10.6 Å². The molecule has 0 N–H and O–H groups in total. The van der Waals surface area contributed by atoms with Crippen molar-refractivity contribution >= 4 is 17.8 Å². The van der Waals surface area contributed by atoms with Gasteiger partial charge in [-0.2, -0.15) is 0 Å². The van der Waals surface area contributed by atoms with Crippen molar-refractivity contribution < 1.29 is 31.8 Å². The molecular formula is C21H18O4Ti. The van der Waals surface area contributed by atoms with E-state index in [1.807, 2.05) is 66.8 Å². The van der Waals surface area contributed by atoms with Crippen LogP contribution in [0.15, 0.2) is 70.6 Å². The van der Waals surface area contributed by atoms with E-state index >= 15 is 0 Å². The number of carbonyl (C=O) groups is 2. The molecule has 4 nitrogen and oxygen atoms in total. The Bertz CT molecular complexity index is 972. The first-order valence-electron chi connectivity index (χ1n) is 8.44. The van der Waals surface area contributed by atoms with Crippen LogP contribution >= 0.6 is 0 Å². The van der Waals surface area contributed by atoms with Gasteiger partial charge in [-0.25, -0.2) is 0 Å². The molecule has 0 atom stereocenters. The zero-order valence-corrected chi connectivity index (χ0v) is 15.7. The molecule has 0 aliphatic heterocycles. The Morgan fingerprint density at radius 3 is 1.92 bits per heavy atom. The van der Waals surface area contributed by atoms with Crippen molar-refractivity contribution in [2.24, 2.45) is 0 Å². The van der Waals surface area contributed by atoms with Crippen LogP contribution in [0.4, 0.5) is 0 Å². The third kappa shape index (κ3) is 2.16. The van der Waals surface area contributed by atoms with Crippen molar-refractivity contribution in [1.82, 2.24) is 0 Å². The molecule has 0 saturated carbocycles. The molecule has 2 aromatic rings. The summed E-state index contributed by atoms with van der Waals surface area (Å²) < 4.78 is 12.0. The molecule has 2 aliphatic carbocycles. The Balaban J connectivity index is 2.08. The Labute approximate surface area is 153 Å². The summed E-state index contributed by atoms with van der Waals surface area (Å²) in [4.78, 5) is 27.6. The molecule has 4 rings (SSSR count). The van der Waals surface area contributed by atoms with E-state index in [1.165, 1.54) is 0 Å². The molecular weight excluding hydrogens is 364 g/mol. The summed E-state index contributed by atoms with van der Waals surface area (Å²) in [5, 5.41) is 0. The van der Waals surface area contributed by atoms with Crippen LogP contribution < -0.4 is 0 Å². The van der Waals surface area contributed by atoms with E-state index < -0.39 is 15.6 Å². The van der Waals surface area contributed by atoms with Crippen LogP contribution in [0.3, 0.4) is 0 Å². The number of carbonyl (C=O) groups excluding carboxylic acids is 2. The molecule has 0 saturated heterocycles. The second-order valence-corrected chi connectivity index (χ2v) is 13.5. The number of hydrogen-bond acceptors (Lipinski definition) is 4. The van der Waals surface area contributed by atoms with E-state index in [0.29, 0.717) is 19.4 Å². The number of hydrogen-bond donors (Lipinski definition) is 0. The van der Waals surface area contributed by atoms with Crippen LogP contribution in [0.5, 0.6) is 0 Å². The topological polar surface area (TPSA) is 52.6 Å². The van der Waals surface area contributed by atoms with Crippen LogP contribution in [-0.2, 0) is 31.8 Å². The van der Waals surface area contributed by atoms with Crippen molar-refractivity contribution in [3.05, 3.63) is 81.8 Å². The van der Waals surface area contributed by atoms with E-state index in [1.54, 1.807) is 0 Å². The number of allylic oxidation sites excluding steroid dienone is 4. The van der Waals surface area contributed by atoms with Gasteiger partial charge in [0, 0.05) is 0 Å². The second kappa shape index (κ2) is 6.01. The van der Waals surface area contributed by atoms with Gasteiger partial charge < -0.3 is 0 Å². The summed E-state index contributed by atoms with van der Waals surface area (Å²) in [6, 6.07) is 15.9. The summed E-state index contributed by atoms with van der Waals surface area (Å²) >= 11 is -5.02. The van der Waals surface area contributed by atoms with Crippen LogP contribution in [0.25, 0.3) is 11.1 Å². The Kier molecular flexibility index (Phi) is 3.90. The van der Waals surface area contributed by atoms with Gasteiger partial charge in [0.15, 0.2) is 0 Å². The first-order chi connectivity index (χ1) is 12.6. The molecule has 0 fully saturated rings. The maximum atomic E-state index is 11.6. The van der Waals surface area contributed by atoms with Crippen molar-refractivity contribution in [2.75, 3.05) is 0 Å². The molecule has 2 aromatic carbocycles. The number of rotatable bonds is 6. The van der Waals surface area contributed by atoms with E-state index in [2.05, 4.69) is 4.82 Å². The summed E-state index contributed by atoms with van der Waals surface area (Å²) in [7, 11) is 0. The van der Waals surface area contributed by atoms with Crippen LogP contribution in [0.2, 0.25) is 0 Å². The predicted molar refractivity (Wildman–Crippen MR) is 97.0 cm³/mol. The summed E-state index contributed by atoms with van der Waals surface area (Å²) in [5.74, 6) is 0. The quantitative estimate of drug-likeness (QED) is 0.562. The fourth-order valence-corrected chi connectivity index (χ4v) is 10.9. The fraction of sp³-hybridized carbons (Fsp3) is 0.0952. The zero-order chi connectivity index (χ0) is 18.2. The van der Waals surface area contributed by atoms with Gasteiger partial charge in [-0.05, 0) is 0 Å². The van der Waals surface area contributed by atoms with E-state index in [-0.39, 0.29) is 4.22 Å². The standard InChI is InChI=1S/C13H9.C5H5.2CH2O2.CH2.Ti/c1-3-7-12-10(5-1)9-11-6-2-4-8-13(11)12;1-2-4-5-3-1;2*2-1-3;;/h1-9H;1-3H,4H2;2*1H,(H,2,3);1H2;/q;;;;;+2/p-2. The van der Waals surface area contributed by atoms with Gasteiger partial charge in [0.2, 0.25) is 0 Å². The molecule has 0 heterocycles. The van der Waals surface area contributed by atoms with Crippen molar-refractivity contribution in [1.29, 1.82) is 0 Å². The van der Waals surface area contributed by atoms with Gasteiger partial charge in [0.25, 0.3) is 0 Å². The molecule has 0 unspecified atom stereocenters. The third-order valence-corrected chi connectivity index (χ3v) is 12.9. The van der Waals surface area contributed by atoms with Gasteiger partial charge in [-0.1, -0.05) is 0 Å². The van der Waals surface area contributed by atoms with Crippen molar-refractivity contribution in [3.63, 3.8) is 0 Å². The fourth-order valence-electron chi connectivity index (χ4n) is 4.33. The second-order valence-electron chi connectivity index (χ2n) is 6.70. The minimum atomic E-state index is -5.02. The minimum absolute atomic E-state index is 0.385. The average molecular weight is 382 g/mol. The number of fused-ring (bicyclic) bond motifs is 3. The summed E-state index contributed by atoms with van der Waals surface area (Å²) in [6.07, 6.45) is 6.28. The van der Waals surface area contributed by atoms with E-state index in [9.17, 15) is 9.59 Å². The SMILES string of the molecule is [CH2]=[Ti]([O]C=O)([O]C=O)([C]1=CC=CC1)[CH]1c2ccccc2-c2ccccc21. The predicted octanol–water partition coefficient (Wildman–Crippen LogP) is 3.90. The van der Waals surface area contributed by atoms with Gasteiger partial charge in [0.1, 0.15) is 0 Å². The van der Waals surface area contributed by atoms with Gasteiger partial charge in [0.05, 0.1) is 0 Å². The first-order valence-corrected chi connectivity index (χ1v) is 12.5. The Morgan fingerprint density at radius 2 is 1.46 bits per heavy atom. The molecule has 2 aliphatic rings. The average Bonchev–Trinajstić information content (AvgIpc) is 3.30. The normalized spacial score (nSPS) is 15.8.